The summed E-state index contributed by atoms with van der Waals surface area (Å²) in [7, 11) is 0. The Hall–Kier alpha value is -2.34. The summed E-state index contributed by atoms with van der Waals surface area (Å²) >= 11 is 6.12. The number of aromatic nitrogens is 2. The first-order valence-electron chi connectivity index (χ1n) is 8.87. The number of esters is 1. The van der Waals surface area contributed by atoms with Gasteiger partial charge >= 0.3 is 5.97 Å². The number of piperidine rings is 1. The van der Waals surface area contributed by atoms with Crippen LogP contribution in [0.25, 0.3) is 11.7 Å². The van der Waals surface area contributed by atoms with Crippen molar-refractivity contribution in [3.8, 4) is 0 Å². The van der Waals surface area contributed by atoms with Crippen molar-refractivity contribution in [2.24, 2.45) is 0 Å². The summed E-state index contributed by atoms with van der Waals surface area (Å²) in [5.41, 5.74) is 1.28. The van der Waals surface area contributed by atoms with Gasteiger partial charge in [-0.2, -0.15) is 0 Å². The molecular formula is C19H22ClN3O3. The van der Waals surface area contributed by atoms with Gasteiger partial charge in [0.2, 0.25) is 0 Å². The van der Waals surface area contributed by atoms with E-state index in [1.807, 2.05) is 29.3 Å². The predicted molar refractivity (Wildman–Crippen MR) is 99.8 cm³/mol. The highest BCUT2D eigenvalue weighted by molar-refractivity contribution is 6.31. The molecule has 2 aromatic rings. The van der Waals surface area contributed by atoms with Crippen molar-refractivity contribution < 1.29 is 14.3 Å². The maximum atomic E-state index is 12.3. The molecule has 1 aliphatic rings. The zero-order chi connectivity index (χ0) is 18.5. The van der Waals surface area contributed by atoms with E-state index in [9.17, 15) is 9.59 Å². The lowest BCUT2D eigenvalue weighted by atomic mass is 10.00. The largest absolute Gasteiger partial charge is 0.452 e. The maximum Gasteiger partial charge on any atom is 0.331 e. The Balaban J connectivity index is 1.59. The number of carbonyl (C=O) groups is 2. The lowest BCUT2D eigenvalue weighted by molar-refractivity contribution is -0.150. The number of imidazole rings is 1. The second-order valence-corrected chi connectivity index (χ2v) is 6.66. The van der Waals surface area contributed by atoms with Gasteiger partial charge < -0.3 is 9.64 Å². The van der Waals surface area contributed by atoms with E-state index in [-0.39, 0.29) is 18.6 Å². The second-order valence-electron chi connectivity index (χ2n) is 6.30. The summed E-state index contributed by atoms with van der Waals surface area (Å²) in [4.78, 5) is 30.3. The number of carbonyl (C=O) groups excluding carboxylic acids is 2. The van der Waals surface area contributed by atoms with E-state index in [4.69, 9.17) is 16.3 Å². The SMILES string of the molecule is CC[C@H]1CCCCN1C(=O)COC(=O)/C=C/c1c(Cl)nc2ccccn12. The molecule has 26 heavy (non-hydrogen) atoms. The van der Waals surface area contributed by atoms with Crippen molar-refractivity contribution in [2.75, 3.05) is 13.2 Å². The number of hydrogen-bond donors (Lipinski definition) is 0. The Bertz CT molecular complexity index is 831. The van der Waals surface area contributed by atoms with Gasteiger partial charge in [0.1, 0.15) is 5.65 Å². The van der Waals surface area contributed by atoms with Crippen LogP contribution in [0.15, 0.2) is 30.5 Å². The van der Waals surface area contributed by atoms with E-state index in [2.05, 4.69) is 11.9 Å². The van der Waals surface area contributed by atoms with Crippen LogP contribution < -0.4 is 0 Å². The smallest absolute Gasteiger partial charge is 0.331 e. The van der Waals surface area contributed by atoms with Crippen LogP contribution in [0, 0.1) is 0 Å². The van der Waals surface area contributed by atoms with Gasteiger partial charge in [-0.1, -0.05) is 24.6 Å². The number of fused-ring (bicyclic) bond motifs is 1. The molecule has 2 aromatic heterocycles. The van der Waals surface area contributed by atoms with Gasteiger partial charge in [-0.25, -0.2) is 9.78 Å². The Kier molecular flexibility index (Phi) is 5.93. The van der Waals surface area contributed by atoms with Crippen LogP contribution in [0.1, 0.15) is 38.3 Å². The lowest BCUT2D eigenvalue weighted by Gasteiger charge is -2.35. The highest BCUT2D eigenvalue weighted by atomic mass is 35.5. The van der Waals surface area contributed by atoms with Crippen LogP contribution in [0.2, 0.25) is 5.15 Å². The minimum Gasteiger partial charge on any atom is -0.452 e. The number of pyridine rings is 1. The highest BCUT2D eigenvalue weighted by Crippen LogP contribution is 2.20. The average Bonchev–Trinajstić information content (AvgIpc) is 2.99. The molecule has 0 aliphatic carbocycles. The standard InChI is InChI=1S/C19H22ClN3O3/c1-2-14-7-3-5-11-22(14)17(24)13-26-18(25)10-9-15-19(20)21-16-8-4-6-12-23(15)16/h4,6,8-10,12,14H,2-3,5,7,11,13H2,1H3/b10-9+/t14-/m0/s1. The molecule has 1 saturated heterocycles. The van der Waals surface area contributed by atoms with Crippen LogP contribution in [0.3, 0.4) is 0 Å². The Morgan fingerprint density at radius 3 is 3.04 bits per heavy atom. The van der Waals surface area contributed by atoms with Gasteiger partial charge in [0, 0.05) is 24.9 Å². The number of amides is 1. The zero-order valence-corrected chi connectivity index (χ0v) is 15.5. The van der Waals surface area contributed by atoms with Crippen LogP contribution in [0.4, 0.5) is 0 Å². The molecule has 3 heterocycles. The van der Waals surface area contributed by atoms with Crippen molar-refractivity contribution in [2.45, 2.75) is 38.6 Å². The van der Waals surface area contributed by atoms with Crippen molar-refractivity contribution in [3.63, 3.8) is 0 Å². The molecule has 6 nitrogen and oxygen atoms in total. The predicted octanol–water partition coefficient (Wildman–Crippen LogP) is 3.34. The Morgan fingerprint density at radius 2 is 2.23 bits per heavy atom. The fourth-order valence-corrected chi connectivity index (χ4v) is 3.54. The molecule has 0 unspecified atom stereocenters. The molecule has 1 aliphatic heterocycles. The monoisotopic (exact) mass is 375 g/mol. The van der Waals surface area contributed by atoms with Gasteiger partial charge in [0.05, 0.1) is 5.69 Å². The van der Waals surface area contributed by atoms with Crippen molar-refractivity contribution >= 4 is 35.2 Å². The highest BCUT2D eigenvalue weighted by Gasteiger charge is 2.25. The number of ether oxygens (including phenoxy) is 1. The minimum atomic E-state index is -0.578. The fraction of sp³-hybridized carbons (Fsp3) is 0.421. The third kappa shape index (κ3) is 4.07. The second kappa shape index (κ2) is 8.36. The molecule has 0 saturated carbocycles. The third-order valence-corrected chi connectivity index (χ3v) is 4.93. The van der Waals surface area contributed by atoms with Crippen molar-refractivity contribution in [1.82, 2.24) is 14.3 Å². The van der Waals surface area contributed by atoms with Crippen molar-refractivity contribution in [3.05, 3.63) is 41.3 Å². The average molecular weight is 376 g/mol. The Labute approximate surface area is 157 Å². The molecule has 1 fully saturated rings. The number of hydrogen-bond acceptors (Lipinski definition) is 4. The molecule has 0 bridgehead atoms. The molecule has 0 aromatic carbocycles. The van der Waals surface area contributed by atoms with Crippen LogP contribution in [-0.4, -0.2) is 45.4 Å². The summed E-state index contributed by atoms with van der Waals surface area (Å²) in [6.07, 6.45) is 8.71. The molecule has 1 amide bonds. The van der Waals surface area contributed by atoms with E-state index in [0.29, 0.717) is 16.5 Å². The molecule has 1 atom stereocenters. The normalized spacial score (nSPS) is 17.8. The summed E-state index contributed by atoms with van der Waals surface area (Å²) in [6, 6.07) is 5.78. The molecule has 0 radical (unpaired) electrons. The molecule has 3 rings (SSSR count). The summed E-state index contributed by atoms with van der Waals surface area (Å²) in [6.45, 7) is 2.58. The summed E-state index contributed by atoms with van der Waals surface area (Å²) in [5.74, 6) is -0.712. The molecule has 7 heteroatoms. The van der Waals surface area contributed by atoms with Crippen molar-refractivity contribution in [1.29, 1.82) is 0 Å². The molecule has 138 valence electrons. The Morgan fingerprint density at radius 1 is 1.38 bits per heavy atom. The number of rotatable bonds is 5. The molecule has 0 N–H and O–H groups in total. The first-order valence-corrected chi connectivity index (χ1v) is 9.25. The van der Waals surface area contributed by atoms with Crippen LogP contribution in [-0.2, 0) is 14.3 Å². The number of nitrogens with zero attached hydrogens (tertiary/aromatic N) is 3. The number of likely N-dealkylation sites (tertiary alicyclic amines) is 1. The first-order chi connectivity index (χ1) is 12.6. The first kappa shape index (κ1) is 18.5. The van der Waals surface area contributed by atoms with Gasteiger partial charge in [0.15, 0.2) is 11.8 Å². The minimum absolute atomic E-state index is 0.133. The third-order valence-electron chi connectivity index (χ3n) is 4.66. The fourth-order valence-electron chi connectivity index (χ4n) is 3.30. The van der Waals surface area contributed by atoms with Crippen LogP contribution in [0.5, 0.6) is 0 Å². The van der Waals surface area contributed by atoms with E-state index in [1.54, 1.807) is 10.5 Å². The zero-order valence-electron chi connectivity index (χ0n) is 14.7. The van der Waals surface area contributed by atoms with Gasteiger partial charge in [-0.3, -0.25) is 9.20 Å². The topological polar surface area (TPSA) is 63.9 Å². The quantitative estimate of drug-likeness (QED) is 0.594. The molecular weight excluding hydrogens is 354 g/mol. The van der Waals surface area contributed by atoms with Crippen LogP contribution >= 0.6 is 11.6 Å². The van der Waals surface area contributed by atoms with Gasteiger partial charge in [0.25, 0.3) is 5.91 Å². The maximum absolute atomic E-state index is 12.3. The van der Waals surface area contributed by atoms with E-state index >= 15 is 0 Å². The lowest BCUT2D eigenvalue weighted by Crippen LogP contribution is -2.45. The van der Waals surface area contributed by atoms with E-state index < -0.39 is 5.97 Å². The van der Waals surface area contributed by atoms with E-state index in [0.717, 1.165) is 32.2 Å². The summed E-state index contributed by atoms with van der Waals surface area (Å²) < 4.78 is 6.89. The summed E-state index contributed by atoms with van der Waals surface area (Å²) in [5, 5.41) is 0.301. The number of halogens is 1. The van der Waals surface area contributed by atoms with E-state index in [1.165, 1.54) is 6.08 Å². The van der Waals surface area contributed by atoms with Gasteiger partial charge in [-0.15, -0.1) is 0 Å². The molecule has 0 spiro atoms. The van der Waals surface area contributed by atoms with Gasteiger partial charge in [-0.05, 0) is 43.9 Å².